The van der Waals surface area contributed by atoms with E-state index in [1.54, 1.807) is 11.8 Å². The van der Waals surface area contributed by atoms with E-state index in [0.29, 0.717) is 6.54 Å². The minimum atomic E-state index is 0.120. The zero-order chi connectivity index (χ0) is 56.9. The zero-order valence-corrected chi connectivity index (χ0v) is 50.6. The van der Waals surface area contributed by atoms with Crippen LogP contribution in [-0.2, 0) is 18.8 Å². The van der Waals surface area contributed by atoms with Crippen molar-refractivity contribution in [3.8, 4) is 0 Å². The number of anilines is 2. The molecule has 0 aromatic heterocycles. The highest BCUT2D eigenvalue weighted by Gasteiger charge is 2.26. The summed E-state index contributed by atoms with van der Waals surface area (Å²) in [7, 11) is 6.31. The molecule has 0 unspecified atom stereocenters. The van der Waals surface area contributed by atoms with Crippen molar-refractivity contribution in [3.05, 3.63) is 192 Å². The molecule has 0 spiro atoms. The molecule has 0 aliphatic carbocycles. The third-order valence-corrected chi connectivity index (χ3v) is 18.4. The fourth-order valence-corrected chi connectivity index (χ4v) is 11.9. The van der Waals surface area contributed by atoms with Crippen LogP contribution in [0.2, 0.25) is 0 Å². The van der Waals surface area contributed by atoms with E-state index in [0.717, 1.165) is 124 Å². The molecular weight excluding hydrogens is 997 g/mol. The van der Waals surface area contributed by atoms with Gasteiger partial charge in [-0.15, -0.1) is 11.8 Å². The molecule has 3 saturated heterocycles. The topological polar surface area (TPSA) is 94.7 Å². The van der Waals surface area contributed by atoms with Gasteiger partial charge in [-0.3, -0.25) is 14.4 Å². The minimum absolute atomic E-state index is 0.120. The van der Waals surface area contributed by atoms with E-state index >= 15 is 0 Å². The normalized spacial score (nSPS) is 15.2. The Balaban J connectivity index is 0.000000172. The molecule has 0 bridgehead atoms. The van der Waals surface area contributed by atoms with E-state index in [2.05, 4.69) is 134 Å². The smallest absolute Gasteiger partial charge is 0.256 e. The summed E-state index contributed by atoms with van der Waals surface area (Å²) in [6.45, 7) is 34.0. The summed E-state index contributed by atoms with van der Waals surface area (Å²) < 4.78 is 0. The third kappa shape index (κ3) is 15.1. The van der Waals surface area contributed by atoms with Gasteiger partial charge in [0.2, 0.25) is 0 Å². The van der Waals surface area contributed by atoms with Crippen LogP contribution in [0.25, 0.3) is 0 Å². The van der Waals surface area contributed by atoms with Crippen LogP contribution in [-0.4, -0.2) is 147 Å². The lowest BCUT2D eigenvalue weighted by molar-refractivity contribution is 0.0655. The third-order valence-electron chi connectivity index (χ3n) is 17.3. The number of piperazine rings is 3. The summed E-state index contributed by atoms with van der Waals surface area (Å²) in [6, 6.07) is 34.0. The van der Waals surface area contributed by atoms with Gasteiger partial charge in [-0.2, -0.15) is 0 Å². The van der Waals surface area contributed by atoms with Crippen molar-refractivity contribution in [2.24, 2.45) is 0 Å². The molecule has 0 saturated carbocycles. The Labute approximate surface area is 477 Å². The SMILES string of the molecule is CN1CCN(C(=O)c2ccccc2NCc2ccccc2)CC1.Cc1c(C)c(C)c(CNc2ccccc2C(=O)N2CCN(C)CC2)c(C)c1C.Cc1c(C)c(C)c(CSc2ccccc2C(=O)N2CCN(C)CC2)c(C)c1C. The Bertz CT molecular complexity index is 2860. The van der Waals surface area contributed by atoms with Crippen LogP contribution in [0, 0.1) is 69.2 Å². The number of nitrogens with zero attached hydrogens (tertiary/aromatic N) is 6. The molecule has 6 aromatic rings. The van der Waals surface area contributed by atoms with Crippen molar-refractivity contribution in [2.45, 2.75) is 93.0 Å². The van der Waals surface area contributed by atoms with Gasteiger partial charge in [-0.25, -0.2) is 0 Å². The molecule has 3 heterocycles. The van der Waals surface area contributed by atoms with Crippen LogP contribution in [0.15, 0.2) is 108 Å². The second kappa shape index (κ2) is 28.1. The summed E-state index contributed by atoms with van der Waals surface area (Å²) in [5.74, 6) is 1.31. The number of amides is 3. The van der Waals surface area contributed by atoms with Crippen LogP contribution in [0.5, 0.6) is 0 Å². The molecule has 11 nitrogen and oxygen atoms in total. The quantitative estimate of drug-likeness (QED) is 0.116. The second-order valence-corrected chi connectivity index (χ2v) is 23.1. The van der Waals surface area contributed by atoms with Gasteiger partial charge >= 0.3 is 0 Å². The van der Waals surface area contributed by atoms with Gasteiger partial charge in [0.15, 0.2) is 0 Å². The van der Waals surface area contributed by atoms with Crippen molar-refractivity contribution < 1.29 is 14.4 Å². The number of rotatable bonds is 12. The van der Waals surface area contributed by atoms with Crippen LogP contribution >= 0.6 is 11.8 Å². The van der Waals surface area contributed by atoms with Crippen LogP contribution in [0.1, 0.15) is 103 Å². The number of para-hydroxylation sites is 2. The first-order valence-electron chi connectivity index (χ1n) is 28.3. The van der Waals surface area contributed by atoms with Gasteiger partial charge in [0.25, 0.3) is 17.7 Å². The maximum Gasteiger partial charge on any atom is 0.256 e. The van der Waals surface area contributed by atoms with Crippen molar-refractivity contribution in [1.29, 1.82) is 0 Å². The molecule has 9 rings (SSSR count). The lowest BCUT2D eigenvalue weighted by atomic mass is 9.89. The van der Waals surface area contributed by atoms with Crippen molar-refractivity contribution in [1.82, 2.24) is 29.4 Å². The number of carbonyl (C=O) groups excluding carboxylic acids is 3. The van der Waals surface area contributed by atoms with E-state index in [4.69, 9.17) is 0 Å². The largest absolute Gasteiger partial charge is 0.380 e. The molecule has 3 aliphatic rings. The first-order chi connectivity index (χ1) is 37.9. The van der Waals surface area contributed by atoms with Crippen molar-refractivity contribution in [2.75, 3.05) is 110 Å². The monoisotopic (exact) mass is 1080 g/mol. The molecule has 420 valence electrons. The average molecular weight is 1090 g/mol. The first-order valence-corrected chi connectivity index (χ1v) is 29.3. The Hall–Kier alpha value is -6.44. The molecular formula is C67H88N8O3S. The Kier molecular flexibility index (Phi) is 21.4. The number of hydrogen-bond acceptors (Lipinski definition) is 9. The van der Waals surface area contributed by atoms with Gasteiger partial charge < -0.3 is 40.0 Å². The van der Waals surface area contributed by atoms with Gasteiger partial charge in [-0.05, 0) is 199 Å². The highest BCUT2D eigenvalue weighted by Crippen LogP contribution is 2.34. The fraction of sp³-hybridized carbons (Fsp3) is 0.418. The number of benzene rings is 6. The minimum Gasteiger partial charge on any atom is -0.380 e. The maximum absolute atomic E-state index is 13.1. The Morgan fingerprint density at radius 2 is 0.684 bits per heavy atom. The zero-order valence-electron chi connectivity index (χ0n) is 49.7. The molecule has 3 aliphatic heterocycles. The highest BCUT2D eigenvalue weighted by molar-refractivity contribution is 7.98. The molecule has 6 aromatic carbocycles. The Morgan fingerprint density at radius 1 is 0.367 bits per heavy atom. The number of hydrogen-bond donors (Lipinski definition) is 2. The van der Waals surface area contributed by atoms with Crippen LogP contribution in [0.3, 0.4) is 0 Å². The molecule has 3 amide bonds. The predicted octanol–water partition coefficient (Wildman–Crippen LogP) is 11.8. The van der Waals surface area contributed by atoms with E-state index in [9.17, 15) is 14.4 Å². The summed E-state index contributed by atoms with van der Waals surface area (Å²) in [5, 5.41) is 6.96. The van der Waals surface area contributed by atoms with E-state index in [-0.39, 0.29) is 17.7 Å². The van der Waals surface area contributed by atoms with E-state index < -0.39 is 0 Å². The molecule has 2 N–H and O–H groups in total. The maximum atomic E-state index is 13.1. The Morgan fingerprint density at radius 3 is 1.10 bits per heavy atom. The molecule has 79 heavy (non-hydrogen) atoms. The number of thioether (sulfide) groups is 1. The van der Waals surface area contributed by atoms with Gasteiger partial charge in [0, 0.05) is 114 Å². The van der Waals surface area contributed by atoms with Gasteiger partial charge in [0.05, 0.1) is 16.7 Å². The summed E-state index contributed by atoms with van der Waals surface area (Å²) in [4.78, 5) is 52.8. The highest BCUT2D eigenvalue weighted by atomic mass is 32.2. The van der Waals surface area contributed by atoms with E-state index in [1.807, 2.05) is 99.6 Å². The summed E-state index contributed by atoms with van der Waals surface area (Å²) in [5.41, 5.74) is 21.9. The van der Waals surface area contributed by atoms with Gasteiger partial charge in [0.1, 0.15) is 0 Å². The fourth-order valence-electron chi connectivity index (χ4n) is 10.7. The number of likely N-dealkylation sites (N-methyl/N-ethyl adjacent to an activating group) is 3. The lowest BCUT2D eigenvalue weighted by Gasteiger charge is -2.33. The second-order valence-electron chi connectivity index (χ2n) is 22.1. The molecule has 12 heteroatoms. The molecule has 0 atom stereocenters. The molecule has 3 fully saturated rings. The summed E-state index contributed by atoms with van der Waals surface area (Å²) in [6.07, 6.45) is 0. The van der Waals surface area contributed by atoms with Crippen LogP contribution < -0.4 is 10.6 Å². The average Bonchev–Trinajstić information content (AvgIpc) is 3.48. The molecule has 0 radical (unpaired) electrons. The summed E-state index contributed by atoms with van der Waals surface area (Å²) >= 11 is 1.79. The van der Waals surface area contributed by atoms with Crippen LogP contribution in [0.4, 0.5) is 11.4 Å². The van der Waals surface area contributed by atoms with E-state index in [1.165, 1.54) is 72.3 Å². The van der Waals surface area contributed by atoms with Gasteiger partial charge in [-0.1, -0.05) is 66.7 Å². The standard InChI is InChI=1S/C24H33N3O.C24H32N2OS.C19H23N3O/c1-16-17(2)19(4)22(20(5)18(16)3)15-25-23-10-8-7-9-21(23)24(28)27-13-11-26(6)12-14-27;1-16-17(2)19(4)22(20(5)18(16)3)15-28-23-10-8-7-9-21(23)24(27)26-13-11-25(6)12-14-26;1-21-11-13-22(14-12-21)19(23)17-9-5-6-10-18(17)20-15-16-7-3-2-4-8-16/h7-10,25H,11-15H2,1-6H3;7-10H,11-15H2,1-6H3;2-10,20H,11-15H2,1H3. The lowest BCUT2D eigenvalue weighted by Crippen LogP contribution is -2.47. The van der Waals surface area contributed by atoms with Crippen molar-refractivity contribution >= 4 is 40.9 Å². The number of carbonyl (C=O) groups is 3. The number of nitrogens with one attached hydrogen (secondary N) is 2. The first kappa shape index (κ1) is 60.2. The predicted molar refractivity (Wildman–Crippen MR) is 330 cm³/mol. The van der Waals surface area contributed by atoms with Crippen molar-refractivity contribution in [3.63, 3.8) is 0 Å².